The van der Waals surface area contributed by atoms with Gasteiger partial charge in [0, 0.05) is 6.07 Å². The van der Waals surface area contributed by atoms with Crippen LogP contribution >= 0.6 is 0 Å². The van der Waals surface area contributed by atoms with Crippen LogP contribution in [-0.2, 0) is 12.8 Å². The van der Waals surface area contributed by atoms with Crippen molar-refractivity contribution in [1.82, 2.24) is 5.32 Å². The van der Waals surface area contributed by atoms with E-state index >= 15 is 0 Å². The van der Waals surface area contributed by atoms with E-state index in [4.69, 9.17) is 9.47 Å². The van der Waals surface area contributed by atoms with Gasteiger partial charge in [-0.3, -0.25) is 4.79 Å². The molecule has 1 aliphatic rings. The molecule has 132 valence electrons. The van der Waals surface area contributed by atoms with Crippen LogP contribution in [0.5, 0.6) is 11.5 Å². The normalized spacial score (nSPS) is 14.4. The van der Waals surface area contributed by atoms with Gasteiger partial charge in [0.1, 0.15) is 11.5 Å². The lowest BCUT2D eigenvalue weighted by molar-refractivity contribution is 0.0937. The third-order valence-corrected chi connectivity index (χ3v) is 4.87. The van der Waals surface area contributed by atoms with E-state index in [-0.39, 0.29) is 11.9 Å². The van der Waals surface area contributed by atoms with Gasteiger partial charge in [0.25, 0.3) is 5.91 Å². The predicted octanol–water partition coefficient (Wildman–Crippen LogP) is 4.07. The largest absolute Gasteiger partial charge is 0.497 e. The standard InChI is InChI=1S/C21H25NO3/c1-14(16-9-8-15-6-4-5-7-17(15)12-16)22-21(23)19-11-10-18(24-2)13-20(19)25-3/h8-14H,4-7H2,1-3H3,(H,22,23)/t14-/m1/s1. The van der Waals surface area contributed by atoms with Crippen LogP contribution in [0.1, 0.15) is 52.9 Å². The molecule has 3 rings (SSSR count). The number of ether oxygens (including phenoxy) is 2. The number of rotatable bonds is 5. The van der Waals surface area contributed by atoms with Crippen LogP contribution in [0, 0.1) is 0 Å². The van der Waals surface area contributed by atoms with E-state index in [2.05, 4.69) is 23.5 Å². The first-order chi connectivity index (χ1) is 12.1. The molecular weight excluding hydrogens is 314 g/mol. The highest BCUT2D eigenvalue weighted by atomic mass is 16.5. The van der Waals surface area contributed by atoms with Crippen molar-refractivity contribution in [2.24, 2.45) is 0 Å². The second-order valence-corrected chi connectivity index (χ2v) is 6.50. The maximum absolute atomic E-state index is 12.7. The third kappa shape index (κ3) is 3.78. The van der Waals surface area contributed by atoms with Gasteiger partial charge in [-0.15, -0.1) is 0 Å². The number of aryl methyl sites for hydroxylation is 2. The molecule has 1 aliphatic carbocycles. The van der Waals surface area contributed by atoms with Gasteiger partial charge in [-0.1, -0.05) is 18.2 Å². The number of fused-ring (bicyclic) bond motifs is 1. The van der Waals surface area contributed by atoms with Crippen LogP contribution in [-0.4, -0.2) is 20.1 Å². The highest BCUT2D eigenvalue weighted by molar-refractivity contribution is 5.97. The molecular formula is C21H25NO3. The van der Waals surface area contributed by atoms with E-state index in [0.717, 1.165) is 12.0 Å². The van der Waals surface area contributed by atoms with E-state index in [0.29, 0.717) is 17.1 Å². The maximum atomic E-state index is 12.7. The number of methoxy groups -OCH3 is 2. The van der Waals surface area contributed by atoms with Crippen molar-refractivity contribution in [2.45, 2.75) is 38.6 Å². The monoisotopic (exact) mass is 339 g/mol. The molecule has 1 N–H and O–H groups in total. The Labute approximate surface area is 149 Å². The van der Waals surface area contributed by atoms with Gasteiger partial charge in [-0.25, -0.2) is 0 Å². The molecule has 0 saturated heterocycles. The van der Waals surface area contributed by atoms with Gasteiger partial charge >= 0.3 is 0 Å². The minimum absolute atomic E-state index is 0.0634. The molecule has 0 fully saturated rings. The third-order valence-electron chi connectivity index (χ3n) is 4.87. The van der Waals surface area contributed by atoms with Gasteiger partial charge in [-0.2, -0.15) is 0 Å². The second-order valence-electron chi connectivity index (χ2n) is 6.50. The Morgan fingerprint density at radius 3 is 2.48 bits per heavy atom. The summed E-state index contributed by atoms with van der Waals surface area (Å²) >= 11 is 0. The quantitative estimate of drug-likeness (QED) is 0.893. The highest BCUT2D eigenvalue weighted by Crippen LogP contribution is 2.27. The molecule has 0 radical (unpaired) electrons. The molecule has 2 aromatic rings. The summed E-state index contributed by atoms with van der Waals surface area (Å²) in [7, 11) is 3.14. The van der Waals surface area contributed by atoms with Crippen molar-refractivity contribution in [3.8, 4) is 11.5 Å². The predicted molar refractivity (Wildman–Crippen MR) is 98.5 cm³/mol. The van der Waals surface area contributed by atoms with Gasteiger partial charge in [0.05, 0.1) is 25.8 Å². The average Bonchev–Trinajstić information content (AvgIpc) is 2.66. The molecule has 4 nitrogen and oxygen atoms in total. The molecule has 0 heterocycles. The molecule has 1 atom stereocenters. The fourth-order valence-electron chi connectivity index (χ4n) is 3.37. The summed E-state index contributed by atoms with van der Waals surface area (Å²) in [6, 6.07) is 11.7. The number of carbonyl (C=O) groups excluding carboxylic acids is 1. The lowest BCUT2D eigenvalue weighted by atomic mass is 9.89. The van der Waals surface area contributed by atoms with Crippen LogP contribution < -0.4 is 14.8 Å². The van der Waals surface area contributed by atoms with Gasteiger partial charge < -0.3 is 14.8 Å². The Hall–Kier alpha value is -2.49. The van der Waals surface area contributed by atoms with Gasteiger partial charge in [0.15, 0.2) is 0 Å². The average molecular weight is 339 g/mol. The molecule has 0 spiro atoms. The number of amides is 1. The van der Waals surface area contributed by atoms with Crippen LogP contribution in [0.3, 0.4) is 0 Å². The van der Waals surface area contributed by atoms with Crippen molar-refractivity contribution >= 4 is 5.91 Å². The van der Waals surface area contributed by atoms with E-state index in [1.807, 2.05) is 6.92 Å². The van der Waals surface area contributed by atoms with Crippen molar-refractivity contribution in [1.29, 1.82) is 0 Å². The summed E-state index contributed by atoms with van der Waals surface area (Å²) in [6.07, 6.45) is 4.83. The molecule has 4 heteroatoms. The zero-order valence-electron chi connectivity index (χ0n) is 15.1. The Bertz CT molecular complexity index is 770. The maximum Gasteiger partial charge on any atom is 0.255 e. The van der Waals surface area contributed by atoms with E-state index in [1.54, 1.807) is 32.4 Å². The number of nitrogens with one attached hydrogen (secondary N) is 1. The fraction of sp³-hybridized carbons (Fsp3) is 0.381. The SMILES string of the molecule is COc1ccc(C(=O)N[C@H](C)c2ccc3c(c2)CCCC3)c(OC)c1. The van der Waals surface area contributed by atoms with Crippen molar-refractivity contribution in [3.05, 3.63) is 58.7 Å². The number of benzene rings is 2. The van der Waals surface area contributed by atoms with Crippen molar-refractivity contribution in [3.63, 3.8) is 0 Å². The summed E-state index contributed by atoms with van der Waals surface area (Å²) in [5.74, 6) is 1.02. The van der Waals surface area contributed by atoms with Gasteiger partial charge in [-0.05, 0) is 61.4 Å². The smallest absolute Gasteiger partial charge is 0.255 e. The summed E-state index contributed by atoms with van der Waals surface area (Å²) in [5, 5.41) is 3.07. The fourth-order valence-corrected chi connectivity index (χ4v) is 3.37. The molecule has 0 saturated carbocycles. The van der Waals surface area contributed by atoms with E-state index < -0.39 is 0 Å². The zero-order valence-corrected chi connectivity index (χ0v) is 15.1. The van der Waals surface area contributed by atoms with Crippen LogP contribution in [0.15, 0.2) is 36.4 Å². The van der Waals surface area contributed by atoms with Crippen LogP contribution in [0.4, 0.5) is 0 Å². The van der Waals surface area contributed by atoms with Crippen molar-refractivity contribution in [2.75, 3.05) is 14.2 Å². The second kappa shape index (κ2) is 7.60. The van der Waals surface area contributed by atoms with E-state index in [9.17, 15) is 4.79 Å². The Kier molecular flexibility index (Phi) is 5.27. The number of hydrogen-bond acceptors (Lipinski definition) is 3. The molecule has 1 amide bonds. The highest BCUT2D eigenvalue weighted by Gasteiger charge is 2.18. The van der Waals surface area contributed by atoms with Crippen LogP contribution in [0.25, 0.3) is 0 Å². The summed E-state index contributed by atoms with van der Waals surface area (Å²) < 4.78 is 10.5. The summed E-state index contributed by atoms with van der Waals surface area (Å²) in [6.45, 7) is 2.01. The molecule has 0 aliphatic heterocycles. The lowest BCUT2D eigenvalue weighted by Crippen LogP contribution is -2.27. The molecule has 0 unspecified atom stereocenters. The molecule has 2 aromatic carbocycles. The first-order valence-electron chi connectivity index (χ1n) is 8.77. The first-order valence-corrected chi connectivity index (χ1v) is 8.77. The Morgan fingerprint density at radius 2 is 1.76 bits per heavy atom. The van der Waals surface area contributed by atoms with Gasteiger partial charge in [0.2, 0.25) is 0 Å². The number of hydrogen-bond donors (Lipinski definition) is 1. The topological polar surface area (TPSA) is 47.6 Å². The Balaban J connectivity index is 1.76. The van der Waals surface area contributed by atoms with Crippen molar-refractivity contribution < 1.29 is 14.3 Å². The number of carbonyl (C=O) groups is 1. The molecule has 0 aromatic heterocycles. The lowest BCUT2D eigenvalue weighted by Gasteiger charge is -2.20. The molecule has 0 bridgehead atoms. The summed E-state index contributed by atoms with van der Waals surface area (Å²) in [4.78, 5) is 12.7. The molecule has 25 heavy (non-hydrogen) atoms. The minimum atomic E-state index is -0.148. The first kappa shape index (κ1) is 17.3. The zero-order chi connectivity index (χ0) is 17.8. The van der Waals surface area contributed by atoms with Crippen LogP contribution in [0.2, 0.25) is 0 Å². The Morgan fingerprint density at radius 1 is 1.00 bits per heavy atom. The van der Waals surface area contributed by atoms with E-state index in [1.165, 1.54) is 30.4 Å². The minimum Gasteiger partial charge on any atom is -0.497 e. The summed E-state index contributed by atoms with van der Waals surface area (Å²) in [5.41, 5.74) is 4.52.